The van der Waals surface area contributed by atoms with Crippen LogP contribution in [0.1, 0.15) is 24.2 Å². The van der Waals surface area contributed by atoms with E-state index in [9.17, 15) is 9.90 Å². The normalized spacial score (nSPS) is 11.1. The number of nitrogens with one attached hydrogen (secondary N) is 1. The van der Waals surface area contributed by atoms with Crippen molar-refractivity contribution in [1.82, 2.24) is 9.88 Å². The molecule has 116 valence electrons. The molecule has 0 aliphatic heterocycles. The van der Waals surface area contributed by atoms with Gasteiger partial charge in [0.25, 0.3) is 5.91 Å². The molecule has 5 heteroatoms. The Kier molecular flexibility index (Phi) is 4.78. The summed E-state index contributed by atoms with van der Waals surface area (Å²) in [6, 6.07) is 11.0. The van der Waals surface area contributed by atoms with Gasteiger partial charge in [0, 0.05) is 42.9 Å². The third-order valence-electron chi connectivity index (χ3n) is 3.07. The van der Waals surface area contributed by atoms with Gasteiger partial charge in [0.05, 0.1) is 5.60 Å². The van der Waals surface area contributed by atoms with Crippen LogP contribution < -0.4 is 5.32 Å². The van der Waals surface area contributed by atoms with Gasteiger partial charge in [-0.05, 0) is 50.2 Å². The van der Waals surface area contributed by atoms with Gasteiger partial charge in [0.2, 0.25) is 0 Å². The summed E-state index contributed by atoms with van der Waals surface area (Å²) in [7, 11) is 1.68. The van der Waals surface area contributed by atoms with E-state index in [1.54, 1.807) is 45.4 Å². The first-order valence-corrected chi connectivity index (χ1v) is 7.10. The fraction of sp³-hybridized carbons (Fsp3) is 0.294. The molecule has 0 unspecified atom stereocenters. The highest BCUT2D eigenvalue weighted by Gasteiger charge is 2.20. The minimum Gasteiger partial charge on any atom is -0.389 e. The van der Waals surface area contributed by atoms with Crippen molar-refractivity contribution in [3.8, 4) is 0 Å². The lowest BCUT2D eigenvalue weighted by Crippen LogP contribution is -2.39. The van der Waals surface area contributed by atoms with Crippen molar-refractivity contribution in [3.05, 3.63) is 54.4 Å². The second-order valence-electron chi connectivity index (χ2n) is 5.91. The topological polar surface area (TPSA) is 65.5 Å². The second kappa shape index (κ2) is 6.58. The van der Waals surface area contributed by atoms with Crippen molar-refractivity contribution < 1.29 is 9.90 Å². The Hall–Kier alpha value is -2.40. The molecule has 5 nitrogen and oxygen atoms in total. The highest BCUT2D eigenvalue weighted by Crippen LogP contribution is 2.17. The average Bonchev–Trinajstić information content (AvgIpc) is 2.46. The van der Waals surface area contributed by atoms with Crippen LogP contribution in [-0.4, -0.2) is 40.1 Å². The van der Waals surface area contributed by atoms with E-state index in [1.807, 2.05) is 24.3 Å². The molecular formula is C17H21N3O2. The maximum atomic E-state index is 12.3. The monoisotopic (exact) mass is 299 g/mol. The molecule has 0 radical (unpaired) electrons. The van der Waals surface area contributed by atoms with Gasteiger partial charge in [-0.25, -0.2) is 0 Å². The number of aliphatic hydroxyl groups is 1. The van der Waals surface area contributed by atoms with Crippen LogP contribution in [0.3, 0.4) is 0 Å². The van der Waals surface area contributed by atoms with Crippen molar-refractivity contribution in [2.75, 3.05) is 18.9 Å². The molecular weight excluding hydrogens is 278 g/mol. The van der Waals surface area contributed by atoms with Crippen LogP contribution in [0, 0.1) is 0 Å². The van der Waals surface area contributed by atoms with Crippen LogP contribution in [0.5, 0.6) is 0 Å². The number of likely N-dealkylation sites (N-methyl/N-ethyl adjacent to an activating group) is 1. The van der Waals surface area contributed by atoms with Gasteiger partial charge in [-0.15, -0.1) is 0 Å². The van der Waals surface area contributed by atoms with Gasteiger partial charge in [-0.3, -0.25) is 9.78 Å². The lowest BCUT2D eigenvalue weighted by Gasteiger charge is -2.25. The van der Waals surface area contributed by atoms with Crippen LogP contribution in [0.25, 0.3) is 0 Å². The van der Waals surface area contributed by atoms with Gasteiger partial charge >= 0.3 is 0 Å². The third kappa shape index (κ3) is 4.56. The number of hydrogen-bond acceptors (Lipinski definition) is 4. The van der Waals surface area contributed by atoms with Gasteiger partial charge in [0.15, 0.2) is 0 Å². The predicted octanol–water partition coefficient (Wildman–Crippen LogP) is 2.67. The Bertz CT molecular complexity index is 619. The second-order valence-corrected chi connectivity index (χ2v) is 5.91. The Morgan fingerprint density at radius 3 is 2.23 bits per heavy atom. The number of carbonyl (C=O) groups excluding carboxylic acids is 1. The summed E-state index contributed by atoms with van der Waals surface area (Å²) in [5.41, 5.74) is 1.51. The number of aromatic nitrogens is 1. The first kappa shape index (κ1) is 16.0. The van der Waals surface area contributed by atoms with E-state index < -0.39 is 5.60 Å². The number of rotatable bonds is 5. The fourth-order valence-corrected chi connectivity index (χ4v) is 2.17. The molecule has 0 fully saturated rings. The molecule has 1 aromatic carbocycles. The van der Waals surface area contributed by atoms with Crippen molar-refractivity contribution in [2.45, 2.75) is 19.4 Å². The molecule has 2 rings (SSSR count). The van der Waals surface area contributed by atoms with Crippen LogP contribution in [-0.2, 0) is 0 Å². The van der Waals surface area contributed by atoms with Crippen molar-refractivity contribution in [2.24, 2.45) is 0 Å². The highest BCUT2D eigenvalue weighted by molar-refractivity contribution is 5.94. The van der Waals surface area contributed by atoms with E-state index in [1.165, 1.54) is 4.90 Å². The van der Waals surface area contributed by atoms with Gasteiger partial charge in [0.1, 0.15) is 0 Å². The number of carbonyl (C=O) groups is 1. The molecule has 22 heavy (non-hydrogen) atoms. The molecule has 0 aliphatic rings. The predicted molar refractivity (Wildman–Crippen MR) is 87.2 cm³/mol. The van der Waals surface area contributed by atoms with Gasteiger partial charge in [-0.1, -0.05) is 0 Å². The summed E-state index contributed by atoms with van der Waals surface area (Å²) in [6.07, 6.45) is 3.43. The Labute approximate surface area is 130 Å². The number of hydrogen-bond donors (Lipinski definition) is 2. The average molecular weight is 299 g/mol. The largest absolute Gasteiger partial charge is 0.389 e. The minimum absolute atomic E-state index is 0.113. The van der Waals surface area contributed by atoms with Crippen LogP contribution in [0.15, 0.2) is 48.8 Å². The zero-order chi connectivity index (χ0) is 16.2. The first-order chi connectivity index (χ1) is 10.3. The molecule has 0 spiro atoms. The molecule has 1 aromatic heterocycles. The number of pyridine rings is 1. The zero-order valence-electron chi connectivity index (χ0n) is 13.1. The molecule has 0 bridgehead atoms. The minimum atomic E-state index is -0.909. The molecule has 2 N–H and O–H groups in total. The smallest absolute Gasteiger partial charge is 0.253 e. The molecule has 1 amide bonds. The molecule has 0 aliphatic carbocycles. The molecule has 1 heterocycles. The number of anilines is 2. The fourth-order valence-electron chi connectivity index (χ4n) is 2.17. The molecule has 2 aromatic rings. The number of amides is 1. The SMILES string of the molecule is CN(CC(C)(C)O)C(=O)c1ccc(Nc2ccncc2)cc1. The summed E-state index contributed by atoms with van der Waals surface area (Å²) in [4.78, 5) is 17.8. The Morgan fingerprint density at radius 1 is 1.14 bits per heavy atom. The standard InChI is InChI=1S/C17H21N3O2/c1-17(2,22)12-20(3)16(21)13-4-6-14(7-5-13)19-15-8-10-18-11-9-15/h4-11,22H,12H2,1-3H3,(H,18,19). The van der Waals surface area contributed by atoms with Crippen LogP contribution in [0.2, 0.25) is 0 Å². The summed E-state index contributed by atoms with van der Waals surface area (Å²) < 4.78 is 0. The van der Waals surface area contributed by atoms with E-state index in [4.69, 9.17) is 0 Å². The number of benzene rings is 1. The van der Waals surface area contributed by atoms with Crippen LogP contribution >= 0.6 is 0 Å². The van der Waals surface area contributed by atoms with E-state index >= 15 is 0 Å². The lowest BCUT2D eigenvalue weighted by molar-refractivity contribution is 0.0368. The van der Waals surface area contributed by atoms with Gasteiger partial charge < -0.3 is 15.3 Å². The summed E-state index contributed by atoms with van der Waals surface area (Å²) in [5.74, 6) is -0.113. The summed E-state index contributed by atoms with van der Waals surface area (Å²) >= 11 is 0. The quantitative estimate of drug-likeness (QED) is 0.891. The Morgan fingerprint density at radius 2 is 1.68 bits per heavy atom. The van der Waals surface area contributed by atoms with E-state index in [-0.39, 0.29) is 12.5 Å². The van der Waals surface area contributed by atoms with Crippen LogP contribution in [0.4, 0.5) is 11.4 Å². The summed E-state index contributed by atoms with van der Waals surface area (Å²) in [5, 5.41) is 13.0. The zero-order valence-corrected chi connectivity index (χ0v) is 13.1. The van der Waals surface area contributed by atoms with E-state index in [0.29, 0.717) is 5.56 Å². The van der Waals surface area contributed by atoms with E-state index in [2.05, 4.69) is 10.3 Å². The van der Waals surface area contributed by atoms with Crippen molar-refractivity contribution >= 4 is 17.3 Å². The van der Waals surface area contributed by atoms with Crippen molar-refractivity contribution in [3.63, 3.8) is 0 Å². The molecule has 0 saturated heterocycles. The van der Waals surface area contributed by atoms with Gasteiger partial charge in [-0.2, -0.15) is 0 Å². The van der Waals surface area contributed by atoms with Crippen molar-refractivity contribution in [1.29, 1.82) is 0 Å². The molecule has 0 atom stereocenters. The van der Waals surface area contributed by atoms with E-state index in [0.717, 1.165) is 11.4 Å². The first-order valence-electron chi connectivity index (χ1n) is 7.10. The lowest BCUT2D eigenvalue weighted by atomic mass is 10.1. The maximum Gasteiger partial charge on any atom is 0.253 e. The summed E-state index contributed by atoms with van der Waals surface area (Å²) in [6.45, 7) is 3.64. The molecule has 0 saturated carbocycles. The Balaban J connectivity index is 2.04. The number of nitrogens with zero attached hydrogens (tertiary/aromatic N) is 2. The highest BCUT2D eigenvalue weighted by atomic mass is 16.3. The maximum absolute atomic E-state index is 12.3. The third-order valence-corrected chi connectivity index (χ3v) is 3.07.